The Kier molecular flexibility index (Phi) is 4.17. The van der Waals surface area contributed by atoms with Gasteiger partial charge in [-0.3, -0.25) is 9.69 Å². The highest BCUT2D eigenvalue weighted by Gasteiger charge is 2.35. The van der Waals surface area contributed by atoms with Crippen LogP contribution in [-0.2, 0) is 18.4 Å². The molecular formula is C18H26FN3O. The number of amides is 1. The Morgan fingerprint density at radius 1 is 1.48 bits per heavy atom. The maximum absolute atomic E-state index is 13.9. The number of aromatic nitrogens is 1. The summed E-state index contributed by atoms with van der Waals surface area (Å²) in [5.74, 6) is -0.132. The number of nitrogens with two attached hydrogens (primary N) is 1. The number of hydrogen-bond donors (Lipinski definition) is 1. The molecule has 1 saturated heterocycles. The summed E-state index contributed by atoms with van der Waals surface area (Å²) in [6.45, 7) is 8.44. The normalized spacial score (nSPS) is 27.0. The summed E-state index contributed by atoms with van der Waals surface area (Å²) in [6.07, 6.45) is 1.87. The lowest BCUT2D eigenvalue weighted by molar-refractivity contribution is 0.0965. The number of alkyl halides is 1. The minimum atomic E-state index is -0.763. The SMILES string of the molecule is CC1CC(F)CN(Cc2cc(C(N)=O)nc3c2CCC3(C)C)C1. The van der Waals surface area contributed by atoms with Gasteiger partial charge in [-0.25, -0.2) is 9.37 Å². The van der Waals surface area contributed by atoms with E-state index in [1.165, 1.54) is 5.56 Å². The number of nitrogens with zero attached hydrogens (tertiary/aromatic N) is 2. The van der Waals surface area contributed by atoms with E-state index in [1.807, 2.05) is 6.07 Å². The van der Waals surface area contributed by atoms with Crippen LogP contribution >= 0.6 is 0 Å². The number of carbonyl (C=O) groups is 1. The number of hydrogen-bond acceptors (Lipinski definition) is 3. The lowest BCUT2D eigenvalue weighted by Crippen LogP contribution is -2.40. The average Bonchev–Trinajstić information content (AvgIpc) is 2.73. The minimum Gasteiger partial charge on any atom is -0.364 e. The summed E-state index contributed by atoms with van der Waals surface area (Å²) in [5.41, 5.74) is 9.08. The van der Waals surface area contributed by atoms with Gasteiger partial charge in [-0.2, -0.15) is 0 Å². The summed E-state index contributed by atoms with van der Waals surface area (Å²) in [5, 5.41) is 0. The zero-order chi connectivity index (χ0) is 16.8. The van der Waals surface area contributed by atoms with E-state index in [9.17, 15) is 9.18 Å². The quantitative estimate of drug-likeness (QED) is 0.931. The molecule has 1 fully saturated rings. The third-order valence-electron chi connectivity index (χ3n) is 5.19. The molecule has 126 valence electrons. The van der Waals surface area contributed by atoms with Gasteiger partial charge in [0.25, 0.3) is 5.91 Å². The molecule has 2 N–H and O–H groups in total. The number of fused-ring (bicyclic) bond motifs is 1. The van der Waals surface area contributed by atoms with E-state index in [0.29, 0.717) is 31.1 Å². The van der Waals surface area contributed by atoms with Crippen molar-refractivity contribution in [2.75, 3.05) is 13.1 Å². The molecule has 2 aliphatic rings. The largest absolute Gasteiger partial charge is 0.364 e. The lowest BCUT2D eigenvalue weighted by atomic mass is 9.90. The van der Waals surface area contributed by atoms with Crippen LogP contribution < -0.4 is 5.73 Å². The van der Waals surface area contributed by atoms with Gasteiger partial charge in [-0.15, -0.1) is 0 Å². The Morgan fingerprint density at radius 2 is 2.22 bits per heavy atom. The maximum atomic E-state index is 13.9. The Balaban J connectivity index is 1.94. The number of piperidine rings is 1. The fraction of sp³-hybridized carbons (Fsp3) is 0.667. The fourth-order valence-corrected chi connectivity index (χ4v) is 4.04. The molecule has 0 spiro atoms. The number of likely N-dealkylation sites (tertiary alicyclic amines) is 1. The van der Waals surface area contributed by atoms with Gasteiger partial charge in [0.15, 0.2) is 0 Å². The van der Waals surface area contributed by atoms with Crippen molar-refractivity contribution in [1.29, 1.82) is 0 Å². The van der Waals surface area contributed by atoms with Gasteiger partial charge in [0.2, 0.25) is 0 Å². The smallest absolute Gasteiger partial charge is 0.267 e. The highest BCUT2D eigenvalue weighted by molar-refractivity contribution is 5.91. The topological polar surface area (TPSA) is 59.2 Å². The number of primary amides is 1. The predicted octanol–water partition coefficient (Wildman–Crippen LogP) is 2.58. The van der Waals surface area contributed by atoms with Crippen molar-refractivity contribution in [2.24, 2.45) is 11.7 Å². The first kappa shape index (κ1) is 16.4. The Bertz CT molecular complexity index is 619. The molecule has 1 amide bonds. The second kappa shape index (κ2) is 5.86. The molecule has 1 aliphatic heterocycles. The minimum absolute atomic E-state index is 0.0344. The highest BCUT2D eigenvalue weighted by Crippen LogP contribution is 2.39. The van der Waals surface area contributed by atoms with E-state index in [0.717, 1.165) is 30.6 Å². The number of carbonyl (C=O) groups excluding carboxylic acids is 1. The zero-order valence-corrected chi connectivity index (χ0v) is 14.2. The molecule has 0 aromatic carbocycles. The molecule has 2 unspecified atom stereocenters. The Morgan fingerprint density at radius 3 is 2.87 bits per heavy atom. The third-order valence-corrected chi connectivity index (χ3v) is 5.19. The molecule has 0 radical (unpaired) electrons. The van der Waals surface area contributed by atoms with Crippen molar-refractivity contribution in [1.82, 2.24) is 9.88 Å². The average molecular weight is 319 g/mol. The summed E-state index contributed by atoms with van der Waals surface area (Å²) in [4.78, 5) is 18.3. The zero-order valence-electron chi connectivity index (χ0n) is 14.2. The van der Waals surface area contributed by atoms with Crippen molar-refractivity contribution in [2.45, 2.75) is 58.2 Å². The van der Waals surface area contributed by atoms with Crippen molar-refractivity contribution in [3.05, 3.63) is 28.6 Å². The van der Waals surface area contributed by atoms with Crippen molar-refractivity contribution < 1.29 is 9.18 Å². The van der Waals surface area contributed by atoms with Gasteiger partial charge in [0, 0.05) is 25.0 Å². The van der Waals surface area contributed by atoms with Crippen LogP contribution in [0.5, 0.6) is 0 Å². The number of rotatable bonds is 3. The van der Waals surface area contributed by atoms with E-state index in [-0.39, 0.29) is 5.41 Å². The maximum Gasteiger partial charge on any atom is 0.267 e. The molecule has 1 aromatic heterocycles. The van der Waals surface area contributed by atoms with Crippen LogP contribution in [0.4, 0.5) is 4.39 Å². The molecule has 0 saturated carbocycles. The van der Waals surface area contributed by atoms with Gasteiger partial charge in [-0.05, 0) is 42.4 Å². The van der Waals surface area contributed by atoms with Crippen LogP contribution in [0.25, 0.3) is 0 Å². The van der Waals surface area contributed by atoms with E-state index in [2.05, 4.69) is 30.7 Å². The van der Waals surface area contributed by atoms with Crippen molar-refractivity contribution >= 4 is 5.91 Å². The standard InChI is InChI=1S/C18H26FN3O/c1-11-6-13(19)10-22(8-11)9-12-7-15(17(20)23)21-16-14(12)4-5-18(16,2)3/h7,11,13H,4-6,8-10H2,1-3H3,(H2,20,23). The first-order valence-corrected chi connectivity index (χ1v) is 8.46. The molecule has 23 heavy (non-hydrogen) atoms. The first-order chi connectivity index (χ1) is 10.8. The van der Waals surface area contributed by atoms with Crippen molar-refractivity contribution in [3.8, 4) is 0 Å². The van der Waals surface area contributed by atoms with E-state index < -0.39 is 12.1 Å². The summed E-state index contributed by atoms with van der Waals surface area (Å²) in [7, 11) is 0. The van der Waals surface area contributed by atoms with E-state index in [4.69, 9.17) is 5.73 Å². The van der Waals surface area contributed by atoms with E-state index >= 15 is 0 Å². The molecule has 3 rings (SSSR count). The molecule has 2 heterocycles. The number of halogens is 1. The number of pyridine rings is 1. The van der Waals surface area contributed by atoms with Crippen LogP contribution in [0, 0.1) is 5.92 Å². The molecule has 1 aliphatic carbocycles. The third kappa shape index (κ3) is 3.25. The second-order valence-electron chi connectivity index (χ2n) is 7.87. The van der Waals surface area contributed by atoms with Gasteiger partial charge < -0.3 is 5.73 Å². The van der Waals surface area contributed by atoms with Crippen LogP contribution in [0.2, 0.25) is 0 Å². The summed E-state index contributed by atoms with van der Waals surface area (Å²) < 4.78 is 13.9. The van der Waals surface area contributed by atoms with Crippen molar-refractivity contribution in [3.63, 3.8) is 0 Å². The summed E-state index contributed by atoms with van der Waals surface area (Å²) in [6, 6.07) is 1.81. The molecule has 0 bridgehead atoms. The lowest BCUT2D eigenvalue weighted by Gasteiger charge is -2.33. The predicted molar refractivity (Wildman–Crippen MR) is 88.1 cm³/mol. The molecule has 2 atom stereocenters. The van der Waals surface area contributed by atoms with Gasteiger partial charge in [0.05, 0.1) is 5.69 Å². The van der Waals surface area contributed by atoms with Crippen LogP contribution in [0.1, 0.15) is 60.9 Å². The highest BCUT2D eigenvalue weighted by atomic mass is 19.1. The van der Waals surface area contributed by atoms with Crippen LogP contribution in [0.15, 0.2) is 6.07 Å². The van der Waals surface area contributed by atoms with Gasteiger partial charge >= 0.3 is 0 Å². The van der Waals surface area contributed by atoms with Crippen LogP contribution in [0.3, 0.4) is 0 Å². The molecule has 1 aromatic rings. The molecular weight excluding hydrogens is 293 g/mol. The second-order valence-corrected chi connectivity index (χ2v) is 7.87. The fourth-order valence-electron chi connectivity index (χ4n) is 4.04. The summed E-state index contributed by atoms with van der Waals surface area (Å²) >= 11 is 0. The monoisotopic (exact) mass is 319 g/mol. The Labute approximate surface area is 137 Å². The first-order valence-electron chi connectivity index (χ1n) is 8.46. The molecule has 5 heteroatoms. The van der Waals surface area contributed by atoms with Gasteiger partial charge in [0.1, 0.15) is 11.9 Å². The Hall–Kier alpha value is -1.49. The molecule has 4 nitrogen and oxygen atoms in total. The van der Waals surface area contributed by atoms with Gasteiger partial charge in [-0.1, -0.05) is 20.8 Å². The van der Waals surface area contributed by atoms with Crippen LogP contribution in [-0.4, -0.2) is 35.1 Å². The van der Waals surface area contributed by atoms with E-state index in [1.54, 1.807) is 0 Å².